The van der Waals surface area contributed by atoms with E-state index in [1.165, 1.54) is 19.2 Å². The fraction of sp³-hybridized carbons (Fsp3) is 0.600. The molecule has 1 saturated carbocycles. The van der Waals surface area contributed by atoms with Crippen LogP contribution < -0.4 is 11.1 Å². The van der Waals surface area contributed by atoms with Crippen molar-refractivity contribution in [3.8, 4) is 0 Å². The van der Waals surface area contributed by atoms with Crippen LogP contribution in [0.3, 0.4) is 0 Å². The highest BCUT2D eigenvalue weighted by molar-refractivity contribution is 9.10. The quantitative estimate of drug-likeness (QED) is 0.778. The molecule has 0 bridgehead atoms. The highest BCUT2D eigenvalue weighted by Crippen LogP contribution is 2.28. The van der Waals surface area contributed by atoms with Crippen LogP contribution >= 0.6 is 15.9 Å². The molecule has 1 heterocycles. The lowest BCUT2D eigenvalue weighted by Gasteiger charge is -2.08. The number of nitrogen functional groups attached to an aromatic ring is 1. The van der Waals surface area contributed by atoms with E-state index in [1.54, 1.807) is 0 Å². The zero-order valence-corrected chi connectivity index (χ0v) is 10.5. The lowest BCUT2D eigenvalue weighted by molar-refractivity contribution is 0.134. The lowest BCUT2D eigenvalue weighted by atomic mass is 10.5. The molecule has 0 amide bonds. The Kier molecular flexibility index (Phi) is 3.95. The maximum atomic E-state index is 5.63. The van der Waals surface area contributed by atoms with Crippen molar-refractivity contribution in [2.75, 3.05) is 30.8 Å². The highest BCUT2D eigenvalue weighted by Gasteiger charge is 2.20. The highest BCUT2D eigenvalue weighted by atomic mass is 79.9. The maximum Gasteiger partial charge on any atom is 0.146 e. The SMILES string of the molecule is Nc1ncnc(NCCOCC2CC2)c1Br. The van der Waals surface area contributed by atoms with Gasteiger partial charge in [0, 0.05) is 13.2 Å². The van der Waals surface area contributed by atoms with E-state index < -0.39 is 0 Å². The number of rotatable bonds is 6. The Morgan fingerprint density at radius 3 is 3.06 bits per heavy atom. The van der Waals surface area contributed by atoms with Gasteiger partial charge in [0.1, 0.15) is 22.4 Å². The maximum absolute atomic E-state index is 5.63. The summed E-state index contributed by atoms with van der Waals surface area (Å²) in [6, 6.07) is 0. The molecule has 1 aromatic rings. The van der Waals surface area contributed by atoms with Crippen LogP contribution in [0.15, 0.2) is 10.8 Å². The number of anilines is 2. The van der Waals surface area contributed by atoms with Crippen LogP contribution in [0.4, 0.5) is 11.6 Å². The largest absolute Gasteiger partial charge is 0.383 e. The van der Waals surface area contributed by atoms with E-state index in [4.69, 9.17) is 10.5 Å². The van der Waals surface area contributed by atoms with E-state index >= 15 is 0 Å². The van der Waals surface area contributed by atoms with E-state index in [2.05, 4.69) is 31.2 Å². The summed E-state index contributed by atoms with van der Waals surface area (Å²) in [5.41, 5.74) is 5.63. The average Bonchev–Trinajstić information content (AvgIpc) is 3.07. The molecule has 0 aromatic carbocycles. The molecule has 3 N–H and O–H groups in total. The molecule has 88 valence electrons. The minimum Gasteiger partial charge on any atom is -0.383 e. The molecule has 16 heavy (non-hydrogen) atoms. The van der Waals surface area contributed by atoms with E-state index in [0.717, 1.165) is 19.1 Å². The third-order valence-electron chi connectivity index (χ3n) is 2.41. The molecule has 0 aliphatic heterocycles. The van der Waals surface area contributed by atoms with Crippen molar-refractivity contribution in [2.45, 2.75) is 12.8 Å². The summed E-state index contributed by atoms with van der Waals surface area (Å²) in [6.45, 7) is 2.30. The second kappa shape index (κ2) is 5.45. The van der Waals surface area contributed by atoms with Crippen LogP contribution in [0.1, 0.15) is 12.8 Å². The van der Waals surface area contributed by atoms with E-state index in [9.17, 15) is 0 Å². The van der Waals surface area contributed by atoms with Crippen LogP contribution in [0.5, 0.6) is 0 Å². The third kappa shape index (κ3) is 3.31. The van der Waals surface area contributed by atoms with Crippen LogP contribution in [0.25, 0.3) is 0 Å². The van der Waals surface area contributed by atoms with Gasteiger partial charge in [-0.1, -0.05) is 0 Å². The molecule has 1 aliphatic rings. The summed E-state index contributed by atoms with van der Waals surface area (Å²) >= 11 is 3.33. The van der Waals surface area contributed by atoms with Crippen LogP contribution in [0, 0.1) is 5.92 Å². The van der Waals surface area contributed by atoms with Crippen molar-refractivity contribution in [3.63, 3.8) is 0 Å². The number of nitrogens with zero attached hydrogens (tertiary/aromatic N) is 2. The van der Waals surface area contributed by atoms with Crippen molar-refractivity contribution < 1.29 is 4.74 Å². The number of hydrogen-bond acceptors (Lipinski definition) is 5. The number of hydrogen-bond donors (Lipinski definition) is 2. The molecule has 2 rings (SSSR count). The first-order valence-electron chi connectivity index (χ1n) is 5.35. The summed E-state index contributed by atoms with van der Waals surface area (Å²) in [5.74, 6) is 1.96. The molecular formula is C10H15BrN4O. The Hall–Kier alpha value is -0.880. The van der Waals surface area contributed by atoms with Crippen LogP contribution in [-0.2, 0) is 4.74 Å². The number of ether oxygens (including phenoxy) is 1. The standard InChI is InChI=1S/C10H15BrN4O/c11-8-9(12)14-6-15-10(8)13-3-4-16-5-7-1-2-7/h6-7H,1-5H2,(H3,12,13,14,15). The lowest BCUT2D eigenvalue weighted by Crippen LogP contribution is -2.12. The minimum atomic E-state index is 0.441. The molecule has 5 nitrogen and oxygen atoms in total. The predicted molar refractivity (Wildman–Crippen MR) is 66.2 cm³/mol. The molecule has 0 unspecified atom stereocenters. The second-order valence-corrected chi connectivity index (χ2v) is 4.66. The molecule has 0 saturated heterocycles. The molecule has 1 aromatic heterocycles. The monoisotopic (exact) mass is 286 g/mol. The van der Waals surface area contributed by atoms with Gasteiger partial charge < -0.3 is 15.8 Å². The van der Waals surface area contributed by atoms with Gasteiger partial charge in [0.05, 0.1) is 6.61 Å². The Bertz CT molecular complexity index is 357. The van der Waals surface area contributed by atoms with E-state index in [-0.39, 0.29) is 0 Å². The summed E-state index contributed by atoms with van der Waals surface area (Å²) in [5, 5.41) is 3.14. The van der Waals surface area contributed by atoms with Gasteiger partial charge in [0.15, 0.2) is 0 Å². The minimum absolute atomic E-state index is 0.441. The summed E-state index contributed by atoms with van der Waals surface area (Å²) in [6.07, 6.45) is 4.08. The van der Waals surface area contributed by atoms with Crippen molar-refractivity contribution in [3.05, 3.63) is 10.8 Å². The summed E-state index contributed by atoms with van der Waals surface area (Å²) in [7, 11) is 0. The van der Waals surface area contributed by atoms with E-state index in [0.29, 0.717) is 22.7 Å². The van der Waals surface area contributed by atoms with Crippen molar-refractivity contribution in [1.82, 2.24) is 9.97 Å². The fourth-order valence-corrected chi connectivity index (χ4v) is 1.63. The molecular weight excluding hydrogens is 272 g/mol. The molecule has 1 fully saturated rings. The van der Waals surface area contributed by atoms with Gasteiger partial charge in [-0.3, -0.25) is 0 Å². The number of halogens is 1. The molecule has 6 heteroatoms. The van der Waals surface area contributed by atoms with Crippen molar-refractivity contribution in [2.24, 2.45) is 5.92 Å². The van der Waals surface area contributed by atoms with E-state index in [1.807, 2.05) is 0 Å². The first kappa shape index (κ1) is 11.6. The summed E-state index contributed by atoms with van der Waals surface area (Å²) in [4.78, 5) is 7.94. The van der Waals surface area contributed by atoms with Gasteiger partial charge in [-0.15, -0.1) is 0 Å². The van der Waals surface area contributed by atoms with Crippen LogP contribution in [0.2, 0.25) is 0 Å². The van der Waals surface area contributed by atoms with Gasteiger partial charge in [-0.05, 0) is 34.7 Å². The Labute approximate surface area is 103 Å². The van der Waals surface area contributed by atoms with Gasteiger partial charge in [-0.2, -0.15) is 0 Å². The Balaban J connectivity index is 1.69. The molecule has 0 spiro atoms. The van der Waals surface area contributed by atoms with Gasteiger partial charge >= 0.3 is 0 Å². The van der Waals surface area contributed by atoms with Crippen molar-refractivity contribution >= 4 is 27.6 Å². The first-order valence-corrected chi connectivity index (χ1v) is 6.14. The van der Waals surface area contributed by atoms with Gasteiger partial charge in [0.25, 0.3) is 0 Å². The molecule has 1 aliphatic carbocycles. The predicted octanol–water partition coefficient (Wildman–Crippen LogP) is 1.66. The smallest absolute Gasteiger partial charge is 0.146 e. The second-order valence-electron chi connectivity index (χ2n) is 3.87. The Morgan fingerprint density at radius 1 is 1.50 bits per heavy atom. The fourth-order valence-electron chi connectivity index (χ4n) is 1.28. The van der Waals surface area contributed by atoms with Gasteiger partial charge in [0.2, 0.25) is 0 Å². The summed E-state index contributed by atoms with van der Waals surface area (Å²) < 4.78 is 6.20. The topological polar surface area (TPSA) is 73.1 Å². The Morgan fingerprint density at radius 2 is 2.31 bits per heavy atom. The third-order valence-corrected chi connectivity index (χ3v) is 3.19. The zero-order valence-electron chi connectivity index (χ0n) is 8.95. The first-order chi connectivity index (χ1) is 7.77. The number of nitrogens with one attached hydrogen (secondary N) is 1. The zero-order chi connectivity index (χ0) is 11.4. The van der Waals surface area contributed by atoms with Gasteiger partial charge in [-0.25, -0.2) is 9.97 Å². The van der Waals surface area contributed by atoms with Crippen LogP contribution in [-0.4, -0.2) is 29.7 Å². The normalized spacial score (nSPS) is 15.1. The van der Waals surface area contributed by atoms with Crippen molar-refractivity contribution in [1.29, 1.82) is 0 Å². The number of nitrogens with two attached hydrogens (primary N) is 1. The molecule has 0 atom stereocenters. The average molecular weight is 287 g/mol. The number of aromatic nitrogens is 2. The molecule has 0 radical (unpaired) electrons.